The Morgan fingerprint density at radius 3 is 3.15 bits per heavy atom. The molecule has 1 atom stereocenters. The SMILES string of the molecule is OC(C1=COCCC1)c1nccs1. The van der Waals surface area contributed by atoms with E-state index in [1.165, 1.54) is 11.3 Å². The van der Waals surface area contributed by atoms with E-state index < -0.39 is 6.10 Å². The van der Waals surface area contributed by atoms with Crippen LogP contribution in [-0.4, -0.2) is 16.7 Å². The summed E-state index contributed by atoms with van der Waals surface area (Å²) in [6.07, 6.45) is 4.68. The van der Waals surface area contributed by atoms with E-state index in [2.05, 4.69) is 4.98 Å². The van der Waals surface area contributed by atoms with Crippen LogP contribution >= 0.6 is 11.3 Å². The lowest BCUT2D eigenvalue weighted by atomic mass is 10.1. The monoisotopic (exact) mass is 197 g/mol. The molecule has 1 aliphatic rings. The van der Waals surface area contributed by atoms with Crippen molar-refractivity contribution in [1.29, 1.82) is 0 Å². The van der Waals surface area contributed by atoms with Crippen LogP contribution in [0.2, 0.25) is 0 Å². The van der Waals surface area contributed by atoms with Gasteiger partial charge in [-0.05, 0) is 18.4 Å². The molecule has 1 aliphatic heterocycles. The third kappa shape index (κ3) is 1.89. The summed E-state index contributed by atoms with van der Waals surface area (Å²) in [5.74, 6) is 0. The average Bonchev–Trinajstić information content (AvgIpc) is 2.71. The van der Waals surface area contributed by atoms with Crippen molar-refractivity contribution in [2.75, 3.05) is 6.61 Å². The zero-order valence-corrected chi connectivity index (χ0v) is 7.96. The van der Waals surface area contributed by atoms with Gasteiger partial charge in [-0.15, -0.1) is 11.3 Å². The highest BCUT2D eigenvalue weighted by atomic mass is 32.1. The zero-order chi connectivity index (χ0) is 9.10. The van der Waals surface area contributed by atoms with Gasteiger partial charge in [-0.2, -0.15) is 0 Å². The predicted octanol–water partition coefficient (Wildman–Crippen LogP) is 1.87. The first-order valence-electron chi connectivity index (χ1n) is 4.26. The van der Waals surface area contributed by atoms with E-state index in [-0.39, 0.29) is 0 Å². The number of rotatable bonds is 2. The molecule has 0 amide bonds. The van der Waals surface area contributed by atoms with Crippen LogP contribution in [-0.2, 0) is 4.74 Å². The Labute approximate surface area is 80.7 Å². The van der Waals surface area contributed by atoms with Crippen LogP contribution in [0, 0.1) is 0 Å². The minimum atomic E-state index is -0.569. The van der Waals surface area contributed by atoms with Gasteiger partial charge in [0.2, 0.25) is 0 Å². The lowest BCUT2D eigenvalue weighted by Crippen LogP contribution is -2.07. The predicted molar refractivity (Wildman–Crippen MR) is 50.3 cm³/mol. The van der Waals surface area contributed by atoms with Crippen molar-refractivity contribution in [2.45, 2.75) is 18.9 Å². The molecule has 70 valence electrons. The van der Waals surface area contributed by atoms with Gasteiger partial charge < -0.3 is 9.84 Å². The van der Waals surface area contributed by atoms with Gasteiger partial charge in [0.25, 0.3) is 0 Å². The first kappa shape index (κ1) is 8.72. The summed E-state index contributed by atoms with van der Waals surface area (Å²) in [5, 5.41) is 12.4. The fraction of sp³-hybridized carbons (Fsp3) is 0.444. The average molecular weight is 197 g/mol. The smallest absolute Gasteiger partial charge is 0.130 e. The molecule has 0 aliphatic carbocycles. The van der Waals surface area contributed by atoms with Gasteiger partial charge in [0.1, 0.15) is 11.1 Å². The Kier molecular flexibility index (Phi) is 2.61. The molecule has 0 radical (unpaired) electrons. The van der Waals surface area contributed by atoms with E-state index in [4.69, 9.17) is 4.74 Å². The molecule has 0 saturated heterocycles. The third-order valence-corrected chi connectivity index (χ3v) is 2.83. The lowest BCUT2D eigenvalue weighted by molar-refractivity contribution is 0.170. The number of hydrogen-bond donors (Lipinski definition) is 1. The molecule has 0 aromatic carbocycles. The number of ether oxygens (including phenoxy) is 1. The Balaban J connectivity index is 2.12. The molecule has 0 saturated carbocycles. The van der Waals surface area contributed by atoms with E-state index >= 15 is 0 Å². The quantitative estimate of drug-likeness (QED) is 0.787. The van der Waals surface area contributed by atoms with Crippen LogP contribution in [0.3, 0.4) is 0 Å². The molecule has 1 aromatic rings. The minimum Gasteiger partial charge on any atom is -0.501 e. The van der Waals surface area contributed by atoms with E-state index in [1.807, 2.05) is 5.38 Å². The van der Waals surface area contributed by atoms with Crippen molar-refractivity contribution in [3.63, 3.8) is 0 Å². The molecule has 2 heterocycles. The van der Waals surface area contributed by atoms with Crippen molar-refractivity contribution in [1.82, 2.24) is 4.98 Å². The van der Waals surface area contributed by atoms with Crippen LogP contribution in [0.5, 0.6) is 0 Å². The molecule has 3 nitrogen and oxygen atoms in total. The summed E-state index contributed by atoms with van der Waals surface area (Å²) < 4.78 is 5.16. The Bertz CT molecular complexity index is 295. The van der Waals surface area contributed by atoms with Gasteiger partial charge in [0.05, 0.1) is 12.9 Å². The van der Waals surface area contributed by atoms with Gasteiger partial charge in [0.15, 0.2) is 0 Å². The maximum Gasteiger partial charge on any atom is 0.130 e. The summed E-state index contributed by atoms with van der Waals surface area (Å²) in [4.78, 5) is 4.06. The number of aliphatic hydroxyl groups is 1. The van der Waals surface area contributed by atoms with E-state index in [0.29, 0.717) is 0 Å². The fourth-order valence-corrected chi connectivity index (χ4v) is 1.98. The molecular weight excluding hydrogens is 186 g/mol. The second kappa shape index (κ2) is 3.89. The molecule has 13 heavy (non-hydrogen) atoms. The van der Waals surface area contributed by atoms with Crippen molar-refractivity contribution in [3.05, 3.63) is 28.4 Å². The van der Waals surface area contributed by atoms with Gasteiger partial charge in [-0.25, -0.2) is 4.98 Å². The fourth-order valence-electron chi connectivity index (χ4n) is 1.31. The summed E-state index contributed by atoms with van der Waals surface area (Å²) >= 11 is 1.47. The normalized spacial score (nSPS) is 19.0. The summed E-state index contributed by atoms with van der Waals surface area (Å²) in [6, 6.07) is 0. The van der Waals surface area contributed by atoms with Crippen LogP contribution in [0.1, 0.15) is 24.0 Å². The second-order valence-corrected chi connectivity index (χ2v) is 3.87. The maximum atomic E-state index is 9.83. The molecule has 1 N–H and O–H groups in total. The summed E-state index contributed by atoms with van der Waals surface area (Å²) in [6.45, 7) is 0.758. The first-order chi connectivity index (χ1) is 6.38. The van der Waals surface area contributed by atoms with E-state index in [9.17, 15) is 5.11 Å². The third-order valence-electron chi connectivity index (χ3n) is 2.00. The highest BCUT2D eigenvalue weighted by Crippen LogP contribution is 2.28. The molecular formula is C9H11NO2S. The van der Waals surface area contributed by atoms with Gasteiger partial charge in [-0.1, -0.05) is 0 Å². The highest BCUT2D eigenvalue weighted by Gasteiger charge is 2.17. The van der Waals surface area contributed by atoms with Crippen LogP contribution in [0.15, 0.2) is 23.4 Å². The van der Waals surface area contributed by atoms with E-state index in [1.54, 1.807) is 12.5 Å². The number of aromatic nitrogens is 1. The largest absolute Gasteiger partial charge is 0.501 e. The molecule has 0 bridgehead atoms. The van der Waals surface area contributed by atoms with Crippen molar-refractivity contribution >= 4 is 11.3 Å². The van der Waals surface area contributed by atoms with Gasteiger partial charge in [0, 0.05) is 11.6 Å². The van der Waals surface area contributed by atoms with Crippen LogP contribution in [0.4, 0.5) is 0 Å². The number of aliphatic hydroxyl groups excluding tert-OH is 1. The van der Waals surface area contributed by atoms with E-state index in [0.717, 1.165) is 30.0 Å². The van der Waals surface area contributed by atoms with Gasteiger partial charge in [-0.3, -0.25) is 0 Å². The number of nitrogens with zero attached hydrogens (tertiary/aromatic N) is 1. The number of thiazole rings is 1. The minimum absolute atomic E-state index is 0.569. The van der Waals surface area contributed by atoms with Crippen molar-refractivity contribution < 1.29 is 9.84 Å². The van der Waals surface area contributed by atoms with Gasteiger partial charge >= 0.3 is 0 Å². The maximum absolute atomic E-state index is 9.83. The summed E-state index contributed by atoms with van der Waals surface area (Å²) in [5.41, 5.74) is 0.932. The van der Waals surface area contributed by atoms with Crippen LogP contribution in [0.25, 0.3) is 0 Å². The standard InChI is InChI=1S/C9H11NO2S/c11-8(9-10-3-5-13-9)7-2-1-4-12-6-7/h3,5-6,8,11H,1-2,4H2. The van der Waals surface area contributed by atoms with Crippen molar-refractivity contribution in [3.8, 4) is 0 Å². The topological polar surface area (TPSA) is 42.4 Å². The highest BCUT2D eigenvalue weighted by molar-refractivity contribution is 7.09. The summed E-state index contributed by atoms with van der Waals surface area (Å²) in [7, 11) is 0. The molecule has 1 unspecified atom stereocenters. The molecule has 1 aromatic heterocycles. The Hall–Kier alpha value is -0.870. The molecule has 2 rings (SSSR count). The lowest BCUT2D eigenvalue weighted by Gasteiger charge is -2.16. The molecule has 0 spiro atoms. The number of hydrogen-bond acceptors (Lipinski definition) is 4. The first-order valence-corrected chi connectivity index (χ1v) is 5.14. The zero-order valence-electron chi connectivity index (χ0n) is 7.14. The Morgan fingerprint density at radius 1 is 1.62 bits per heavy atom. The molecule has 0 fully saturated rings. The molecule has 4 heteroatoms. The Morgan fingerprint density at radius 2 is 2.54 bits per heavy atom. The van der Waals surface area contributed by atoms with Crippen LogP contribution < -0.4 is 0 Å². The van der Waals surface area contributed by atoms with Crippen molar-refractivity contribution in [2.24, 2.45) is 0 Å². The second-order valence-electron chi connectivity index (χ2n) is 2.94.